The molecular formula is C18H19ClN2O7S. The van der Waals surface area contributed by atoms with Crippen LogP contribution >= 0.6 is 11.6 Å². The molecule has 2 aromatic rings. The molecule has 0 atom stereocenters. The maximum atomic E-state index is 12.7. The molecule has 29 heavy (non-hydrogen) atoms. The van der Waals surface area contributed by atoms with Gasteiger partial charge >= 0.3 is 5.69 Å². The highest BCUT2D eigenvalue weighted by Crippen LogP contribution is 2.31. The smallest absolute Gasteiger partial charge is 0.312 e. The minimum absolute atomic E-state index is 0.0318. The van der Waals surface area contributed by atoms with Gasteiger partial charge in [-0.3, -0.25) is 10.1 Å². The van der Waals surface area contributed by atoms with Crippen LogP contribution in [0.15, 0.2) is 47.4 Å². The van der Waals surface area contributed by atoms with Crippen molar-refractivity contribution in [3.63, 3.8) is 0 Å². The number of rotatable bonds is 8. The molecule has 1 fully saturated rings. The van der Waals surface area contributed by atoms with E-state index in [0.29, 0.717) is 10.8 Å². The summed E-state index contributed by atoms with van der Waals surface area (Å²) in [6.45, 7) is 1.17. The number of nitro groups is 1. The number of nitrogens with zero attached hydrogens (tertiary/aromatic N) is 2. The molecule has 0 spiro atoms. The summed E-state index contributed by atoms with van der Waals surface area (Å²) in [5.41, 5.74) is -0.425. The fraction of sp³-hybridized carbons (Fsp3) is 0.333. The number of hydrogen-bond acceptors (Lipinski definition) is 7. The van der Waals surface area contributed by atoms with Gasteiger partial charge < -0.3 is 14.2 Å². The Hall–Kier alpha value is -2.40. The summed E-state index contributed by atoms with van der Waals surface area (Å²) in [4.78, 5) is 10.6. The Balaban J connectivity index is 1.67. The van der Waals surface area contributed by atoms with Gasteiger partial charge in [-0.25, -0.2) is 8.42 Å². The van der Waals surface area contributed by atoms with Gasteiger partial charge in [-0.1, -0.05) is 11.6 Å². The minimum atomic E-state index is -3.84. The van der Waals surface area contributed by atoms with Crippen molar-refractivity contribution in [2.24, 2.45) is 0 Å². The lowest BCUT2D eigenvalue weighted by molar-refractivity contribution is -0.386. The SMILES string of the molecule is O=[N+]([O-])c1cc(S(=O)(=O)N2CCOCC2)ccc1OCCOc1ccc(Cl)cc1. The van der Waals surface area contributed by atoms with E-state index in [1.807, 2.05) is 0 Å². The second-order valence-electron chi connectivity index (χ2n) is 6.05. The largest absolute Gasteiger partial charge is 0.490 e. The molecule has 0 N–H and O–H groups in total. The molecule has 0 radical (unpaired) electrons. The van der Waals surface area contributed by atoms with Crippen LogP contribution in [-0.4, -0.2) is 57.2 Å². The zero-order valence-corrected chi connectivity index (χ0v) is 16.9. The Morgan fingerprint density at radius 3 is 2.38 bits per heavy atom. The van der Waals surface area contributed by atoms with Crippen molar-refractivity contribution in [3.8, 4) is 11.5 Å². The molecule has 11 heteroatoms. The van der Waals surface area contributed by atoms with Crippen LogP contribution in [-0.2, 0) is 14.8 Å². The van der Waals surface area contributed by atoms with Crippen LogP contribution in [0.3, 0.4) is 0 Å². The molecule has 0 unspecified atom stereocenters. The summed E-state index contributed by atoms with van der Waals surface area (Å²) in [5, 5.41) is 12.0. The van der Waals surface area contributed by atoms with Crippen molar-refractivity contribution in [3.05, 3.63) is 57.6 Å². The highest BCUT2D eigenvalue weighted by molar-refractivity contribution is 7.89. The van der Waals surface area contributed by atoms with E-state index in [2.05, 4.69) is 0 Å². The van der Waals surface area contributed by atoms with E-state index in [1.54, 1.807) is 24.3 Å². The third kappa shape index (κ3) is 5.36. The zero-order chi connectivity index (χ0) is 20.9. The fourth-order valence-electron chi connectivity index (χ4n) is 2.70. The lowest BCUT2D eigenvalue weighted by Crippen LogP contribution is -2.40. The molecule has 3 rings (SSSR count). The van der Waals surface area contributed by atoms with Gasteiger partial charge in [0, 0.05) is 24.2 Å². The average Bonchev–Trinajstić information content (AvgIpc) is 2.73. The molecule has 0 saturated carbocycles. The van der Waals surface area contributed by atoms with Crippen LogP contribution in [0.2, 0.25) is 5.02 Å². The standard InChI is InChI=1S/C18H19ClN2O7S/c19-14-1-3-15(4-2-14)27-11-12-28-18-6-5-16(13-17(18)21(22)23)29(24,25)20-7-9-26-10-8-20/h1-6,13H,7-12H2. The molecule has 0 bridgehead atoms. The molecule has 0 aliphatic carbocycles. The summed E-state index contributed by atoms with van der Waals surface area (Å²) in [7, 11) is -3.84. The molecule has 2 aromatic carbocycles. The lowest BCUT2D eigenvalue weighted by Gasteiger charge is -2.26. The molecule has 156 valence electrons. The Morgan fingerprint density at radius 1 is 1.07 bits per heavy atom. The monoisotopic (exact) mass is 442 g/mol. The molecule has 0 aromatic heterocycles. The van der Waals surface area contributed by atoms with E-state index in [1.165, 1.54) is 16.4 Å². The van der Waals surface area contributed by atoms with E-state index in [-0.39, 0.29) is 50.2 Å². The predicted octanol–water partition coefficient (Wildman–Crippen LogP) is 2.73. The Labute approximate surface area is 172 Å². The second-order valence-corrected chi connectivity index (χ2v) is 8.43. The molecule has 1 saturated heterocycles. The first kappa shape index (κ1) is 21.3. The number of ether oxygens (including phenoxy) is 3. The van der Waals surface area contributed by atoms with Gasteiger partial charge in [0.05, 0.1) is 23.0 Å². The zero-order valence-electron chi connectivity index (χ0n) is 15.3. The van der Waals surface area contributed by atoms with Crippen molar-refractivity contribution in [2.75, 3.05) is 39.5 Å². The van der Waals surface area contributed by atoms with E-state index in [0.717, 1.165) is 6.07 Å². The van der Waals surface area contributed by atoms with Gasteiger partial charge in [0.2, 0.25) is 10.0 Å². The first-order valence-corrected chi connectivity index (χ1v) is 10.6. The first-order chi connectivity index (χ1) is 13.9. The van der Waals surface area contributed by atoms with Gasteiger partial charge in [0.25, 0.3) is 0 Å². The third-order valence-corrected chi connectivity index (χ3v) is 6.30. The average molecular weight is 443 g/mol. The molecule has 0 amide bonds. The van der Waals surface area contributed by atoms with Crippen LogP contribution in [0.1, 0.15) is 0 Å². The number of halogens is 1. The van der Waals surface area contributed by atoms with Crippen molar-refractivity contribution in [1.29, 1.82) is 0 Å². The summed E-state index contributed by atoms with van der Waals surface area (Å²) in [6, 6.07) is 10.3. The van der Waals surface area contributed by atoms with E-state index >= 15 is 0 Å². The summed E-state index contributed by atoms with van der Waals surface area (Å²) in [6.07, 6.45) is 0. The van der Waals surface area contributed by atoms with Crippen molar-refractivity contribution < 1.29 is 27.6 Å². The van der Waals surface area contributed by atoms with Crippen molar-refractivity contribution in [2.45, 2.75) is 4.90 Å². The second kappa shape index (κ2) is 9.40. The van der Waals surface area contributed by atoms with Gasteiger partial charge in [0.1, 0.15) is 19.0 Å². The number of nitro benzene ring substituents is 1. The fourth-order valence-corrected chi connectivity index (χ4v) is 4.25. The molecule has 1 aliphatic heterocycles. The van der Waals surface area contributed by atoms with Gasteiger partial charge in [-0.05, 0) is 36.4 Å². The van der Waals surface area contributed by atoms with Crippen molar-refractivity contribution >= 4 is 27.3 Å². The number of morpholine rings is 1. The van der Waals surface area contributed by atoms with Gasteiger partial charge in [-0.2, -0.15) is 4.31 Å². The van der Waals surface area contributed by atoms with E-state index in [4.69, 9.17) is 25.8 Å². The molecular weight excluding hydrogens is 424 g/mol. The van der Waals surface area contributed by atoms with Crippen molar-refractivity contribution in [1.82, 2.24) is 4.31 Å². The molecule has 1 heterocycles. The molecule has 1 aliphatic rings. The topological polar surface area (TPSA) is 108 Å². The Bertz CT molecular complexity index is 961. The van der Waals surface area contributed by atoms with E-state index in [9.17, 15) is 18.5 Å². The quantitative estimate of drug-likeness (QED) is 0.351. The lowest BCUT2D eigenvalue weighted by atomic mass is 10.3. The van der Waals surface area contributed by atoms with Crippen LogP contribution in [0.5, 0.6) is 11.5 Å². The number of sulfonamides is 1. The maximum Gasteiger partial charge on any atom is 0.312 e. The van der Waals surface area contributed by atoms with Crippen LogP contribution in [0.25, 0.3) is 0 Å². The first-order valence-electron chi connectivity index (χ1n) is 8.75. The normalized spacial score (nSPS) is 15.1. The van der Waals surface area contributed by atoms with Gasteiger partial charge in [-0.15, -0.1) is 0 Å². The maximum absolute atomic E-state index is 12.7. The predicted molar refractivity (Wildman–Crippen MR) is 105 cm³/mol. The Morgan fingerprint density at radius 2 is 1.72 bits per heavy atom. The third-order valence-electron chi connectivity index (χ3n) is 4.16. The molecule has 9 nitrogen and oxygen atoms in total. The number of benzene rings is 2. The van der Waals surface area contributed by atoms with Crippen LogP contribution in [0, 0.1) is 10.1 Å². The summed E-state index contributed by atoms with van der Waals surface area (Å²) >= 11 is 5.80. The van der Waals surface area contributed by atoms with Crippen LogP contribution in [0.4, 0.5) is 5.69 Å². The Kier molecular flexibility index (Phi) is 6.91. The number of hydrogen-bond donors (Lipinski definition) is 0. The van der Waals surface area contributed by atoms with Crippen LogP contribution < -0.4 is 9.47 Å². The highest BCUT2D eigenvalue weighted by atomic mass is 35.5. The minimum Gasteiger partial charge on any atom is -0.490 e. The summed E-state index contributed by atoms with van der Waals surface area (Å²) in [5.74, 6) is 0.551. The van der Waals surface area contributed by atoms with E-state index < -0.39 is 20.6 Å². The van der Waals surface area contributed by atoms with Gasteiger partial charge in [0.15, 0.2) is 5.75 Å². The highest BCUT2D eigenvalue weighted by Gasteiger charge is 2.29. The summed E-state index contributed by atoms with van der Waals surface area (Å²) < 4.78 is 42.7.